The second-order valence-corrected chi connectivity index (χ2v) is 4.89. The molecule has 96 valence electrons. The van der Waals surface area contributed by atoms with Crippen molar-refractivity contribution in [1.29, 1.82) is 0 Å². The highest BCUT2D eigenvalue weighted by Gasteiger charge is 2.21. The number of hydrogen-bond acceptors (Lipinski definition) is 2. The van der Waals surface area contributed by atoms with E-state index in [4.69, 9.17) is 6.42 Å². The third-order valence-electron chi connectivity index (χ3n) is 3.32. The van der Waals surface area contributed by atoms with Crippen LogP contribution in [0.5, 0.6) is 0 Å². The van der Waals surface area contributed by atoms with Gasteiger partial charge in [0.25, 0.3) is 0 Å². The molecule has 3 heteroatoms. The van der Waals surface area contributed by atoms with Crippen molar-refractivity contribution < 1.29 is 4.79 Å². The Balaban J connectivity index is 2.32. The van der Waals surface area contributed by atoms with Crippen molar-refractivity contribution in [3.8, 4) is 12.3 Å². The standard InChI is InChI=1S/C14H24N2O/c1-4-8-12(5-2)15-11(3)14(17)16-13-9-6-7-10-13/h2,11-13,15H,4,6-10H2,1,3H3,(H,16,17). The van der Waals surface area contributed by atoms with E-state index in [2.05, 4.69) is 23.5 Å². The number of amides is 1. The van der Waals surface area contributed by atoms with Gasteiger partial charge in [0.15, 0.2) is 0 Å². The highest BCUT2D eigenvalue weighted by atomic mass is 16.2. The third-order valence-corrected chi connectivity index (χ3v) is 3.32. The van der Waals surface area contributed by atoms with Crippen molar-refractivity contribution in [1.82, 2.24) is 10.6 Å². The number of nitrogens with one attached hydrogen (secondary N) is 2. The van der Waals surface area contributed by atoms with Crippen LogP contribution < -0.4 is 10.6 Å². The minimum atomic E-state index is -0.205. The molecule has 2 unspecified atom stereocenters. The number of terminal acetylenes is 1. The summed E-state index contributed by atoms with van der Waals surface area (Å²) in [6.07, 6.45) is 12.1. The largest absolute Gasteiger partial charge is 0.352 e. The van der Waals surface area contributed by atoms with Crippen LogP contribution in [0.2, 0.25) is 0 Å². The molecule has 1 aliphatic carbocycles. The molecule has 1 aliphatic rings. The van der Waals surface area contributed by atoms with E-state index in [0.717, 1.165) is 25.7 Å². The van der Waals surface area contributed by atoms with Gasteiger partial charge in [-0.15, -0.1) is 6.42 Å². The SMILES string of the molecule is C#CC(CCC)NC(C)C(=O)NC1CCCC1. The van der Waals surface area contributed by atoms with Crippen LogP contribution in [0.25, 0.3) is 0 Å². The Labute approximate surface area is 105 Å². The number of carbonyl (C=O) groups excluding carboxylic acids is 1. The topological polar surface area (TPSA) is 41.1 Å². The molecule has 0 bridgehead atoms. The molecule has 3 nitrogen and oxygen atoms in total. The van der Waals surface area contributed by atoms with E-state index in [1.54, 1.807) is 0 Å². The van der Waals surface area contributed by atoms with E-state index >= 15 is 0 Å². The Morgan fingerprint density at radius 1 is 1.47 bits per heavy atom. The third kappa shape index (κ3) is 4.79. The summed E-state index contributed by atoms with van der Waals surface area (Å²) >= 11 is 0. The van der Waals surface area contributed by atoms with Crippen LogP contribution in [0.4, 0.5) is 0 Å². The van der Waals surface area contributed by atoms with Crippen molar-refractivity contribution in [3.63, 3.8) is 0 Å². The molecule has 0 aliphatic heterocycles. The second-order valence-electron chi connectivity index (χ2n) is 4.89. The normalized spacial score (nSPS) is 19.6. The van der Waals surface area contributed by atoms with Gasteiger partial charge in [-0.2, -0.15) is 0 Å². The zero-order chi connectivity index (χ0) is 12.7. The molecule has 0 radical (unpaired) electrons. The van der Waals surface area contributed by atoms with Crippen molar-refractivity contribution in [3.05, 3.63) is 0 Å². The molecule has 0 aromatic carbocycles. The van der Waals surface area contributed by atoms with Gasteiger partial charge in [0.1, 0.15) is 0 Å². The molecule has 2 atom stereocenters. The lowest BCUT2D eigenvalue weighted by molar-refractivity contribution is -0.123. The maximum Gasteiger partial charge on any atom is 0.237 e. The second kappa shape index (κ2) is 7.34. The summed E-state index contributed by atoms with van der Waals surface area (Å²) < 4.78 is 0. The first kappa shape index (κ1) is 14.1. The molecule has 0 aromatic rings. The van der Waals surface area contributed by atoms with Crippen LogP contribution in [0, 0.1) is 12.3 Å². The highest BCUT2D eigenvalue weighted by Crippen LogP contribution is 2.17. The molecule has 17 heavy (non-hydrogen) atoms. The van der Waals surface area contributed by atoms with Gasteiger partial charge < -0.3 is 5.32 Å². The molecule has 0 heterocycles. The van der Waals surface area contributed by atoms with Crippen LogP contribution in [0.1, 0.15) is 52.4 Å². The minimum Gasteiger partial charge on any atom is -0.352 e. The Kier molecular flexibility index (Phi) is 6.07. The highest BCUT2D eigenvalue weighted by molar-refractivity contribution is 5.81. The van der Waals surface area contributed by atoms with Gasteiger partial charge in [-0.1, -0.05) is 32.1 Å². The summed E-state index contributed by atoms with van der Waals surface area (Å²) in [5, 5.41) is 6.27. The Morgan fingerprint density at radius 3 is 2.65 bits per heavy atom. The van der Waals surface area contributed by atoms with E-state index < -0.39 is 0 Å². The van der Waals surface area contributed by atoms with Gasteiger partial charge in [-0.05, 0) is 26.2 Å². The Bertz CT molecular complexity index is 276. The predicted octanol–water partition coefficient (Wildman–Crippen LogP) is 1.83. The summed E-state index contributed by atoms with van der Waals surface area (Å²) in [4.78, 5) is 11.9. The summed E-state index contributed by atoms with van der Waals surface area (Å²) in [5.74, 6) is 2.77. The van der Waals surface area contributed by atoms with E-state index in [1.165, 1.54) is 12.8 Å². The summed E-state index contributed by atoms with van der Waals surface area (Å²) in [6, 6.07) is 0.176. The quantitative estimate of drug-likeness (QED) is 0.691. The van der Waals surface area contributed by atoms with Crippen LogP contribution in [0.15, 0.2) is 0 Å². The van der Waals surface area contributed by atoms with Crippen molar-refractivity contribution in [2.24, 2.45) is 0 Å². The summed E-state index contributed by atoms with van der Waals surface area (Å²) in [5.41, 5.74) is 0. The van der Waals surface area contributed by atoms with E-state index in [-0.39, 0.29) is 18.0 Å². The van der Waals surface area contributed by atoms with Gasteiger partial charge in [0.05, 0.1) is 12.1 Å². The van der Waals surface area contributed by atoms with Gasteiger partial charge in [-0.3, -0.25) is 10.1 Å². The fourth-order valence-electron chi connectivity index (χ4n) is 2.28. The zero-order valence-electron chi connectivity index (χ0n) is 11.0. The summed E-state index contributed by atoms with van der Waals surface area (Å²) in [6.45, 7) is 3.97. The molecule has 1 fully saturated rings. The molecule has 1 amide bonds. The summed E-state index contributed by atoms with van der Waals surface area (Å²) in [7, 11) is 0. The van der Waals surface area contributed by atoms with Crippen LogP contribution in [-0.4, -0.2) is 24.0 Å². The van der Waals surface area contributed by atoms with Gasteiger partial charge >= 0.3 is 0 Å². The van der Waals surface area contributed by atoms with Gasteiger partial charge in [0.2, 0.25) is 5.91 Å². The molecule has 1 saturated carbocycles. The van der Waals surface area contributed by atoms with Gasteiger partial charge in [-0.25, -0.2) is 0 Å². The fourth-order valence-corrected chi connectivity index (χ4v) is 2.28. The minimum absolute atomic E-state index is 0.00401. The van der Waals surface area contributed by atoms with Gasteiger partial charge in [0, 0.05) is 6.04 Å². The fraction of sp³-hybridized carbons (Fsp3) is 0.786. The lowest BCUT2D eigenvalue weighted by atomic mass is 10.1. The average molecular weight is 236 g/mol. The van der Waals surface area contributed by atoms with Crippen LogP contribution in [-0.2, 0) is 4.79 Å². The molecule has 2 N–H and O–H groups in total. The molecule has 1 rings (SSSR count). The Hall–Kier alpha value is -1.01. The van der Waals surface area contributed by atoms with Crippen LogP contribution >= 0.6 is 0 Å². The van der Waals surface area contributed by atoms with E-state index in [1.807, 2.05) is 6.92 Å². The lowest BCUT2D eigenvalue weighted by Crippen LogP contribution is -2.48. The predicted molar refractivity (Wildman–Crippen MR) is 70.5 cm³/mol. The monoisotopic (exact) mass is 236 g/mol. The molecule has 0 saturated heterocycles. The number of carbonyl (C=O) groups is 1. The maximum atomic E-state index is 11.9. The number of hydrogen-bond donors (Lipinski definition) is 2. The maximum absolute atomic E-state index is 11.9. The Morgan fingerprint density at radius 2 is 2.12 bits per heavy atom. The zero-order valence-corrected chi connectivity index (χ0v) is 11.0. The van der Waals surface area contributed by atoms with Crippen LogP contribution in [0.3, 0.4) is 0 Å². The molecular weight excluding hydrogens is 212 g/mol. The van der Waals surface area contributed by atoms with Crippen molar-refractivity contribution in [2.45, 2.75) is 70.5 Å². The van der Waals surface area contributed by atoms with E-state index in [9.17, 15) is 4.79 Å². The molecular formula is C14H24N2O. The van der Waals surface area contributed by atoms with Crippen molar-refractivity contribution >= 4 is 5.91 Å². The smallest absolute Gasteiger partial charge is 0.237 e. The first-order valence-corrected chi connectivity index (χ1v) is 6.70. The first-order chi connectivity index (χ1) is 8.17. The molecule has 0 spiro atoms. The molecule has 0 aromatic heterocycles. The lowest BCUT2D eigenvalue weighted by Gasteiger charge is -2.20. The first-order valence-electron chi connectivity index (χ1n) is 6.70. The van der Waals surface area contributed by atoms with Crippen molar-refractivity contribution in [2.75, 3.05) is 0 Å². The average Bonchev–Trinajstić information content (AvgIpc) is 2.81. The number of rotatable bonds is 6. The van der Waals surface area contributed by atoms with E-state index in [0.29, 0.717) is 6.04 Å².